The minimum absolute atomic E-state index is 0.119. The van der Waals surface area contributed by atoms with Crippen LogP contribution < -0.4 is 5.32 Å². The van der Waals surface area contributed by atoms with Gasteiger partial charge >= 0.3 is 5.97 Å². The standard InChI is InChI=1S/C21H21Cl3N4O4S3/c1-3-7-14(19(31)32-11-21(22,23)24)28-17(30)16(18(28)34-35-20-27-26-12(2)33-20)25-15(29)10-13-8-5-4-6-9-13/h3-9,14,16,18H,10-11H2,1-2H3,(H,25,29)/b7-3-. The largest absolute Gasteiger partial charge is 0.459 e. The van der Waals surface area contributed by atoms with Crippen LogP contribution in [0.3, 0.4) is 0 Å². The minimum Gasteiger partial charge on any atom is -0.459 e. The number of aryl methyl sites for hydroxylation is 1. The normalized spacial score (nSPS) is 18.9. The van der Waals surface area contributed by atoms with Crippen molar-refractivity contribution in [3.8, 4) is 0 Å². The number of halogens is 3. The Bertz CT molecular complexity index is 1080. The van der Waals surface area contributed by atoms with E-state index in [2.05, 4.69) is 15.5 Å². The maximum Gasteiger partial charge on any atom is 0.333 e. The quantitative estimate of drug-likeness (QED) is 0.142. The van der Waals surface area contributed by atoms with Crippen molar-refractivity contribution in [3.05, 3.63) is 53.1 Å². The monoisotopic (exact) mass is 594 g/mol. The molecule has 2 amide bonds. The number of hydrogen-bond acceptors (Lipinski definition) is 9. The number of aromatic nitrogens is 2. The van der Waals surface area contributed by atoms with Crippen molar-refractivity contribution in [1.82, 2.24) is 20.4 Å². The Hall–Kier alpha value is -1.50. The van der Waals surface area contributed by atoms with Gasteiger partial charge in [0.2, 0.25) is 15.6 Å². The number of alkyl halides is 3. The number of allylic oxidation sites excluding steroid dienone is 1. The number of esters is 1. The van der Waals surface area contributed by atoms with E-state index in [9.17, 15) is 14.4 Å². The fourth-order valence-corrected chi connectivity index (χ4v) is 7.00. The van der Waals surface area contributed by atoms with Gasteiger partial charge in [-0.25, -0.2) is 4.79 Å². The molecular weight excluding hydrogens is 575 g/mol. The topological polar surface area (TPSA) is 101 Å². The van der Waals surface area contributed by atoms with Gasteiger partial charge < -0.3 is 15.0 Å². The Kier molecular flexibility index (Phi) is 10.1. The number of nitrogens with zero attached hydrogens (tertiary/aromatic N) is 3. The molecule has 2 heterocycles. The van der Waals surface area contributed by atoms with Crippen molar-refractivity contribution in [2.45, 2.75) is 45.9 Å². The van der Waals surface area contributed by atoms with Crippen molar-refractivity contribution in [2.24, 2.45) is 0 Å². The predicted molar refractivity (Wildman–Crippen MR) is 141 cm³/mol. The lowest BCUT2D eigenvalue weighted by Gasteiger charge is -2.48. The average molecular weight is 596 g/mol. The summed E-state index contributed by atoms with van der Waals surface area (Å²) in [5, 5.41) is 11.1. The van der Waals surface area contributed by atoms with Crippen molar-refractivity contribution in [3.63, 3.8) is 0 Å². The second-order valence-corrected chi connectivity index (χ2v) is 13.6. The van der Waals surface area contributed by atoms with Crippen LogP contribution in [0.5, 0.6) is 0 Å². The summed E-state index contributed by atoms with van der Waals surface area (Å²) < 4.78 is 4.03. The zero-order chi connectivity index (χ0) is 25.6. The summed E-state index contributed by atoms with van der Waals surface area (Å²) in [6.45, 7) is 3.07. The highest BCUT2D eigenvalue weighted by Gasteiger charge is 2.53. The number of nitrogens with one attached hydrogen (secondary N) is 1. The minimum atomic E-state index is -1.79. The smallest absolute Gasteiger partial charge is 0.333 e. The van der Waals surface area contributed by atoms with Gasteiger partial charge in [-0.05, 0) is 30.2 Å². The van der Waals surface area contributed by atoms with Crippen molar-refractivity contribution >= 4 is 85.5 Å². The molecule has 1 aromatic heterocycles. The van der Waals surface area contributed by atoms with E-state index < -0.39 is 39.7 Å². The first kappa shape index (κ1) is 28.1. The zero-order valence-electron chi connectivity index (χ0n) is 18.5. The van der Waals surface area contributed by atoms with Crippen molar-refractivity contribution in [1.29, 1.82) is 0 Å². The molecule has 1 fully saturated rings. The molecule has 8 nitrogen and oxygen atoms in total. The van der Waals surface area contributed by atoms with Gasteiger partial charge in [-0.3, -0.25) is 9.59 Å². The molecule has 1 N–H and O–H groups in total. The molecule has 1 aliphatic heterocycles. The molecule has 1 aromatic carbocycles. The molecule has 1 saturated heterocycles. The molecule has 188 valence electrons. The number of likely N-dealkylation sites (tertiary alicyclic amines) is 1. The highest BCUT2D eigenvalue weighted by Crippen LogP contribution is 2.43. The van der Waals surface area contributed by atoms with E-state index in [1.807, 2.05) is 37.3 Å². The molecule has 0 bridgehead atoms. The maximum atomic E-state index is 13.1. The van der Waals surface area contributed by atoms with Crippen LogP contribution in [0, 0.1) is 6.92 Å². The molecule has 14 heteroatoms. The molecular formula is C21H21Cl3N4O4S3. The summed E-state index contributed by atoms with van der Waals surface area (Å²) in [6.07, 6.45) is 3.26. The van der Waals surface area contributed by atoms with Crippen LogP contribution >= 0.6 is 67.7 Å². The van der Waals surface area contributed by atoms with E-state index in [-0.39, 0.29) is 12.3 Å². The molecule has 0 spiro atoms. The Balaban J connectivity index is 1.76. The highest BCUT2D eigenvalue weighted by atomic mass is 35.6. The van der Waals surface area contributed by atoms with Crippen molar-refractivity contribution in [2.75, 3.05) is 6.61 Å². The zero-order valence-corrected chi connectivity index (χ0v) is 23.2. The summed E-state index contributed by atoms with van der Waals surface area (Å²) in [5.41, 5.74) is 0.818. The number of carbonyl (C=O) groups excluding carboxylic acids is 3. The lowest BCUT2D eigenvalue weighted by atomic mass is 10.0. The summed E-state index contributed by atoms with van der Waals surface area (Å²) in [7, 11) is 2.60. The lowest BCUT2D eigenvalue weighted by molar-refractivity contribution is -0.162. The van der Waals surface area contributed by atoms with E-state index >= 15 is 0 Å². The predicted octanol–water partition coefficient (Wildman–Crippen LogP) is 4.34. The third-order valence-corrected chi connectivity index (χ3v) is 8.77. The first-order chi connectivity index (χ1) is 16.6. The van der Waals surface area contributed by atoms with Crippen LogP contribution in [-0.4, -0.2) is 60.7 Å². The number of benzene rings is 1. The molecule has 0 radical (unpaired) electrons. The number of amides is 2. The Morgan fingerprint density at radius 2 is 2.00 bits per heavy atom. The van der Waals surface area contributed by atoms with Gasteiger partial charge in [0.25, 0.3) is 0 Å². The third kappa shape index (κ3) is 7.99. The number of β-lactam (4-membered cyclic amide) rings is 1. The molecule has 3 unspecified atom stereocenters. The lowest BCUT2D eigenvalue weighted by Crippen LogP contribution is -2.72. The SMILES string of the molecule is C/C=C\C(C(=O)OCC(Cl)(Cl)Cl)N1C(=O)C(NC(=O)Cc2ccccc2)C1SSc1nnc(C)s1. The molecule has 0 aliphatic carbocycles. The number of ether oxygens (including phenoxy) is 1. The van der Waals surface area contributed by atoms with Crippen LogP contribution in [0.2, 0.25) is 0 Å². The first-order valence-electron chi connectivity index (χ1n) is 10.2. The highest BCUT2D eigenvalue weighted by molar-refractivity contribution is 8.77. The third-order valence-electron chi connectivity index (χ3n) is 4.62. The van der Waals surface area contributed by atoms with E-state index in [1.165, 1.54) is 43.9 Å². The van der Waals surface area contributed by atoms with Crippen LogP contribution in [0.4, 0.5) is 0 Å². The molecule has 2 aromatic rings. The molecule has 0 saturated carbocycles. The van der Waals surface area contributed by atoms with Crippen LogP contribution in [0.1, 0.15) is 17.5 Å². The second-order valence-electron chi connectivity index (χ2n) is 7.30. The molecule has 3 atom stereocenters. The van der Waals surface area contributed by atoms with Gasteiger partial charge in [0.05, 0.1) is 6.42 Å². The summed E-state index contributed by atoms with van der Waals surface area (Å²) >= 11 is 18.5. The van der Waals surface area contributed by atoms with Gasteiger partial charge in [-0.15, -0.1) is 10.2 Å². The molecule has 35 heavy (non-hydrogen) atoms. The summed E-state index contributed by atoms with van der Waals surface area (Å²) in [4.78, 5) is 39.9. The van der Waals surface area contributed by atoms with Gasteiger partial charge in [0.15, 0.2) is 4.34 Å². The number of hydrogen-bond donors (Lipinski definition) is 1. The van der Waals surface area contributed by atoms with Gasteiger partial charge in [-0.1, -0.05) is 99.4 Å². The Labute approximate surface area is 229 Å². The number of rotatable bonds is 10. The van der Waals surface area contributed by atoms with Crippen LogP contribution in [-0.2, 0) is 25.5 Å². The fourth-order valence-electron chi connectivity index (χ4n) is 3.13. The van der Waals surface area contributed by atoms with E-state index in [1.54, 1.807) is 13.0 Å². The fraction of sp³-hybridized carbons (Fsp3) is 0.381. The molecule has 1 aliphatic rings. The Morgan fingerprint density at radius 1 is 1.29 bits per heavy atom. The van der Waals surface area contributed by atoms with Gasteiger partial charge in [0, 0.05) is 0 Å². The van der Waals surface area contributed by atoms with E-state index in [4.69, 9.17) is 39.5 Å². The Morgan fingerprint density at radius 3 is 2.60 bits per heavy atom. The van der Waals surface area contributed by atoms with Crippen molar-refractivity contribution < 1.29 is 19.1 Å². The van der Waals surface area contributed by atoms with E-state index in [0.29, 0.717) is 4.34 Å². The van der Waals surface area contributed by atoms with E-state index in [0.717, 1.165) is 10.6 Å². The maximum absolute atomic E-state index is 13.1. The molecule has 3 rings (SSSR count). The van der Waals surface area contributed by atoms with Gasteiger partial charge in [-0.2, -0.15) is 0 Å². The summed E-state index contributed by atoms with van der Waals surface area (Å²) in [5.74, 6) is -1.48. The van der Waals surface area contributed by atoms with Crippen LogP contribution in [0.25, 0.3) is 0 Å². The average Bonchev–Trinajstić information content (AvgIpc) is 3.22. The second kappa shape index (κ2) is 12.6. The van der Waals surface area contributed by atoms with Gasteiger partial charge in [0.1, 0.15) is 29.1 Å². The summed E-state index contributed by atoms with van der Waals surface area (Å²) in [6, 6.07) is 7.29. The van der Waals surface area contributed by atoms with Crippen LogP contribution in [0.15, 0.2) is 46.8 Å². The number of carbonyl (C=O) groups is 3. The first-order valence-corrected chi connectivity index (χ1v) is 14.4.